The van der Waals surface area contributed by atoms with Crippen LogP contribution in [-0.2, 0) is 11.2 Å². The summed E-state index contributed by atoms with van der Waals surface area (Å²) in [7, 11) is 0. The number of hydrogen-bond donors (Lipinski definition) is 1. The van der Waals surface area contributed by atoms with Crippen molar-refractivity contribution in [3.05, 3.63) is 53.9 Å². The minimum Gasteiger partial charge on any atom is -0.454 e. The summed E-state index contributed by atoms with van der Waals surface area (Å²) in [5.41, 5.74) is 2.68. The Hall–Kier alpha value is -3.35. The van der Waals surface area contributed by atoms with Crippen LogP contribution in [0, 0.1) is 6.92 Å². The van der Waals surface area contributed by atoms with Crippen LogP contribution >= 0.6 is 0 Å². The minimum atomic E-state index is -0.140. The molecule has 0 bridgehead atoms. The van der Waals surface area contributed by atoms with Gasteiger partial charge in [-0.3, -0.25) is 4.79 Å². The molecule has 132 valence electrons. The fraction of sp³-hybridized carbons (Fsp3) is 0.211. The first-order valence-electron chi connectivity index (χ1n) is 8.26. The first kappa shape index (κ1) is 16.1. The van der Waals surface area contributed by atoms with E-state index in [1.165, 1.54) is 0 Å². The second-order valence-electron chi connectivity index (χ2n) is 5.98. The Labute approximate surface area is 150 Å². The van der Waals surface area contributed by atoms with Crippen molar-refractivity contribution in [3.8, 4) is 23.0 Å². The van der Waals surface area contributed by atoms with E-state index in [-0.39, 0.29) is 19.1 Å². The number of carbonyl (C=O) groups excluding carboxylic acids is 1. The summed E-state index contributed by atoms with van der Waals surface area (Å²) >= 11 is 0. The van der Waals surface area contributed by atoms with Crippen molar-refractivity contribution in [3.63, 3.8) is 0 Å². The normalized spacial score (nSPS) is 12.2. The Balaban J connectivity index is 1.34. The van der Waals surface area contributed by atoms with Crippen molar-refractivity contribution in [1.29, 1.82) is 0 Å². The minimum absolute atomic E-state index is 0.140. The molecule has 0 saturated heterocycles. The number of ether oxygens (including phenoxy) is 2. The highest BCUT2D eigenvalue weighted by Gasteiger charge is 2.15. The van der Waals surface area contributed by atoms with Crippen LogP contribution in [0.2, 0.25) is 0 Å². The Bertz CT molecular complexity index is 934. The number of carbonyl (C=O) groups is 1. The van der Waals surface area contributed by atoms with Crippen LogP contribution < -0.4 is 14.8 Å². The van der Waals surface area contributed by atoms with Gasteiger partial charge in [-0.2, -0.15) is 0 Å². The van der Waals surface area contributed by atoms with Gasteiger partial charge in [0.15, 0.2) is 11.5 Å². The smallest absolute Gasteiger partial charge is 0.247 e. The van der Waals surface area contributed by atoms with Crippen molar-refractivity contribution >= 4 is 11.6 Å². The molecule has 0 fully saturated rings. The summed E-state index contributed by atoms with van der Waals surface area (Å²) < 4.78 is 16.2. The Kier molecular flexibility index (Phi) is 4.27. The number of rotatable bonds is 5. The van der Waals surface area contributed by atoms with Crippen molar-refractivity contribution in [2.45, 2.75) is 19.8 Å². The van der Waals surface area contributed by atoms with Crippen molar-refractivity contribution in [1.82, 2.24) is 10.2 Å². The Morgan fingerprint density at radius 1 is 1.08 bits per heavy atom. The van der Waals surface area contributed by atoms with Crippen LogP contribution in [0.1, 0.15) is 17.9 Å². The molecule has 0 spiro atoms. The molecule has 1 aliphatic heterocycles. The fourth-order valence-corrected chi connectivity index (χ4v) is 2.59. The summed E-state index contributed by atoms with van der Waals surface area (Å²) in [5.74, 6) is 2.05. The highest BCUT2D eigenvalue weighted by molar-refractivity contribution is 5.91. The molecule has 1 N–H and O–H groups in total. The van der Waals surface area contributed by atoms with Crippen LogP contribution in [0.15, 0.2) is 46.9 Å². The molecule has 0 aliphatic carbocycles. The average molecular weight is 351 g/mol. The van der Waals surface area contributed by atoms with E-state index in [4.69, 9.17) is 13.9 Å². The van der Waals surface area contributed by atoms with E-state index in [0.29, 0.717) is 35.4 Å². The number of anilines is 1. The van der Waals surface area contributed by atoms with Crippen LogP contribution in [0.4, 0.5) is 5.69 Å². The van der Waals surface area contributed by atoms with Gasteiger partial charge in [-0.05, 0) is 31.2 Å². The van der Waals surface area contributed by atoms with Crippen molar-refractivity contribution in [2.24, 2.45) is 0 Å². The maximum absolute atomic E-state index is 12.1. The van der Waals surface area contributed by atoms with Crippen molar-refractivity contribution in [2.75, 3.05) is 12.1 Å². The number of aryl methyl sites for hydroxylation is 2. The zero-order valence-corrected chi connectivity index (χ0v) is 14.2. The van der Waals surface area contributed by atoms with E-state index in [2.05, 4.69) is 15.5 Å². The lowest BCUT2D eigenvalue weighted by Crippen LogP contribution is -2.12. The van der Waals surface area contributed by atoms with Gasteiger partial charge in [0.2, 0.25) is 24.5 Å². The van der Waals surface area contributed by atoms with E-state index < -0.39 is 0 Å². The van der Waals surface area contributed by atoms with Gasteiger partial charge in [0.05, 0.1) is 0 Å². The van der Waals surface area contributed by atoms with Crippen LogP contribution in [0.5, 0.6) is 11.5 Å². The van der Waals surface area contributed by atoms with Gasteiger partial charge in [-0.15, -0.1) is 10.2 Å². The second-order valence-corrected chi connectivity index (χ2v) is 5.98. The van der Waals surface area contributed by atoms with Gasteiger partial charge in [-0.25, -0.2) is 0 Å². The molecule has 2 heterocycles. The summed E-state index contributed by atoms with van der Waals surface area (Å²) in [4.78, 5) is 12.1. The molecule has 0 unspecified atom stereocenters. The Morgan fingerprint density at radius 2 is 1.88 bits per heavy atom. The number of benzene rings is 2. The van der Waals surface area contributed by atoms with E-state index in [0.717, 1.165) is 11.1 Å². The third kappa shape index (κ3) is 3.51. The number of hydrogen-bond acceptors (Lipinski definition) is 6. The molecule has 3 aromatic rings. The number of nitrogens with zero attached hydrogens (tertiary/aromatic N) is 2. The van der Waals surface area contributed by atoms with Gasteiger partial charge in [0.1, 0.15) is 0 Å². The zero-order valence-electron chi connectivity index (χ0n) is 14.2. The molecule has 1 aliphatic rings. The fourth-order valence-electron chi connectivity index (χ4n) is 2.59. The molecule has 0 saturated carbocycles. The maximum atomic E-state index is 12.1. The summed E-state index contributed by atoms with van der Waals surface area (Å²) in [6.45, 7) is 2.22. The molecule has 2 aromatic carbocycles. The molecule has 0 atom stereocenters. The van der Waals surface area contributed by atoms with Gasteiger partial charge < -0.3 is 19.2 Å². The number of amides is 1. The number of fused-ring (bicyclic) bond motifs is 1. The highest BCUT2D eigenvalue weighted by atomic mass is 16.7. The zero-order chi connectivity index (χ0) is 17.9. The summed E-state index contributed by atoms with van der Waals surface area (Å²) in [6.07, 6.45) is 0.610. The predicted octanol–water partition coefficient (Wildman–Crippen LogP) is 3.35. The first-order valence-corrected chi connectivity index (χ1v) is 8.26. The molecule has 26 heavy (non-hydrogen) atoms. The van der Waals surface area contributed by atoms with E-state index in [1.54, 1.807) is 18.2 Å². The number of nitrogens with one attached hydrogen (secondary N) is 1. The standard InChI is InChI=1S/C19H17N3O4/c1-12-2-4-13(5-3-12)19-22-21-18(26-19)9-8-17(23)20-14-6-7-15-16(10-14)25-11-24-15/h2-7,10H,8-9,11H2,1H3,(H,20,23). The average Bonchev–Trinajstić information content (AvgIpc) is 3.29. The molecule has 4 rings (SSSR count). The van der Waals surface area contributed by atoms with Gasteiger partial charge >= 0.3 is 0 Å². The van der Waals surface area contributed by atoms with Gasteiger partial charge in [-0.1, -0.05) is 17.7 Å². The third-order valence-corrected chi connectivity index (χ3v) is 3.99. The molecular weight excluding hydrogens is 334 g/mol. The molecule has 7 nitrogen and oxygen atoms in total. The lowest BCUT2D eigenvalue weighted by Gasteiger charge is -2.05. The lowest BCUT2D eigenvalue weighted by atomic mass is 10.1. The lowest BCUT2D eigenvalue weighted by molar-refractivity contribution is -0.116. The third-order valence-electron chi connectivity index (χ3n) is 3.99. The first-order chi connectivity index (χ1) is 12.7. The van der Waals surface area contributed by atoms with Crippen LogP contribution in [-0.4, -0.2) is 22.9 Å². The molecule has 1 aromatic heterocycles. The predicted molar refractivity (Wildman–Crippen MR) is 94.0 cm³/mol. The molecule has 7 heteroatoms. The molecular formula is C19H17N3O4. The van der Waals surface area contributed by atoms with E-state index >= 15 is 0 Å². The quantitative estimate of drug-likeness (QED) is 0.759. The summed E-state index contributed by atoms with van der Waals surface area (Å²) in [5, 5.41) is 10.9. The topological polar surface area (TPSA) is 86.5 Å². The monoisotopic (exact) mass is 351 g/mol. The highest BCUT2D eigenvalue weighted by Crippen LogP contribution is 2.34. The van der Waals surface area contributed by atoms with Gasteiger partial charge in [0, 0.05) is 30.2 Å². The largest absolute Gasteiger partial charge is 0.454 e. The second kappa shape index (κ2) is 6.87. The van der Waals surface area contributed by atoms with Crippen LogP contribution in [0.3, 0.4) is 0 Å². The molecule has 1 amide bonds. The van der Waals surface area contributed by atoms with Crippen LogP contribution in [0.25, 0.3) is 11.5 Å². The van der Waals surface area contributed by atoms with Crippen molar-refractivity contribution < 1.29 is 18.7 Å². The summed E-state index contributed by atoms with van der Waals surface area (Å²) in [6, 6.07) is 13.1. The van der Waals surface area contributed by atoms with E-state index in [9.17, 15) is 4.79 Å². The SMILES string of the molecule is Cc1ccc(-c2nnc(CCC(=O)Nc3ccc4c(c3)OCO4)o2)cc1. The maximum Gasteiger partial charge on any atom is 0.247 e. The van der Waals surface area contributed by atoms with Gasteiger partial charge in [0.25, 0.3) is 0 Å². The number of aromatic nitrogens is 2. The molecule has 0 radical (unpaired) electrons. The van der Waals surface area contributed by atoms with E-state index in [1.807, 2.05) is 31.2 Å². The Morgan fingerprint density at radius 3 is 2.73 bits per heavy atom.